The van der Waals surface area contributed by atoms with E-state index >= 15 is 0 Å². The predicted molar refractivity (Wildman–Crippen MR) is 137 cm³/mol. The highest BCUT2D eigenvalue weighted by Gasteiger charge is 2.25. The molecule has 2 atom stereocenters. The molecule has 0 saturated carbocycles. The monoisotopic (exact) mass is 467 g/mol. The van der Waals surface area contributed by atoms with E-state index in [4.69, 9.17) is 10.1 Å². The van der Waals surface area contributed by atoms with E-state index in [1.54, 1.807) is 17.6 Å². The molecule has 7 heteroatoms. The zero-order valence-electron chi connectivity index (χ0n) is 20.0. The second-order valence-electron chi connectivity index (χ2n) is 9.23. The molecule has 1 aliphatic rings. The summed E-state index contributed by atoms with van der Waals surface area (Å²) in [7, 11) is 0. The molecule has 1 aliphatic carbocycles. The van der Waals surface area contributed by atoms with E-state index < -0.39 is 6.10 Å². The van der Waals surface area contributed by atoms with Gasteiger partial charge in [-0.1, -0.05) is 23.8 Å². The Morgan fingerprint density at radius 3 is 2.97 bits per heavy atom. The summed E-state index contributed by atoms with van der Waals surface area (Å²) in [4.78, 5) is 25.0. The second-order valence-corrected chi connectivity index (χ2v) is 9.23. The number of aromatic nitrogens is 5. The summed E-state index contributed by atoms with van der Waals surface area (Å²) < 4.78 is 1.65. The molecule has 2 unspecified atom stereocenters. The number of aliphatic hydroxyl groups is 1. The number of nitrogens with zero attached hydrogens (tertiary/aromatic N) is 4. The van der Waals surface area contributed by atoms with Gasteiger partial charge in [0.2, 0.25) is 0 Å². The van der Waals surface area contributed by atoms with E-state index in [1.165, 1.54) is 5.57 Å². The van der Waals surface area contributed by atoms with Crippen molar-refractivity contribution in [2.24, 2.45) is 0 Å². The summed E-state index contributed by atoms with van der Waals surface area (Å²) in [6.07, 6.45) is 11.3. The van der Waals surface area contributed by atoms with Crippen LogP contribution in [0.5, 0.6) is 0 Å². The van der Waals surface area contributed by atoms with Gasteiger partial charge in [0.15, 0.2) is 5.52 Å². The summed E-state index contributed by atoms with van der Waals surface area (Å²) in [5.41, 5.74) is 7.24. The number of rotatable bonds is 8. The normalized spacial score (nSPS) is 15.0. The van der Waals surface area contributed by atoms with E-state index in [0.717, 1.165) is 42.1 Å². The predicted octanol–water partition coefficient (Wildman–Crippen LogP) is 4.54. The maximum Gasteiger partial charge on any atom is 0.277 e. The number of imidazole rings is 1. The van der Waals surface area contributed by atoms with Crippen LogP contribution in [0, 0.1) is 6.92 Å². The Kier molecular flexibility index (Phi) is 6.45. The number of allylic oxidation sites excluding steroid dienone is 3. The highest BCUT2D eigenvalue weighted by Crippen LogP contribution is 2.28. The molecule has 0 bridgehead atoms. The minimum Gasteiger partial charge on any atom is -0.393 e. The Morgan fingerprint density at radius 2 is 2.17 bits per heavy atom. The van der Waals surface area contributed by atoms with Crippen molar-refractivity contribution in [1.82, 2.24) is 24.6 Å². The van der Waals surface area contributed by atoms with E-state index in [-0.39, 0.29) is 11.5 Å². The van der Waals surface area contributed by atoms with Gasteiger partial charge in [0.25, 0.3) is 5.56 Å². The summed E-state index contributed by atoms with van der Waals surface area (Å²) in [6.45, 7) is 3.60. The Morgan fingerprint density at radius 1 is 1.29 bits per heavy atom. The lowest BCUT2D eigenvalue weighted by Crippen LogP contribution is -2.22. The molecule has 7 nitrogen and oxygen atoms in total. The van der Waals surface area contributed by atoms with E-state index in [2.05, 4.69) is 27.8 Å². The van der Waals surface area contributed by atoms with E-state index in [9.17, 15) is 9.90 Å². The summed E-state index contributed by atoms with van der Waals surface area (Å²) in [5, 5.41) is 16.5. The van der Waals surface area contributed by atoms with Crippen molar-refractivity contribution in [3.8, 4) is 0 Å². The average molecular weight is 468 g/mol. The molecule has 35 heavy (non-hydrogen) atoms. The topological polar surface area (TPSA) is 96.2 Å². The van der Waals surface area contributed by atoms with Crippen LogP contribution in [-0.2, 0) is 6.42 Å². The first-order valence-corrected chi connectivity index (χ1v) is 12.1. The van der Waals surface area contributed by atoms with Gasteiger partial charge in [-0.3, -0.25) is 9.78 Å². The number of aromatic amines is 1. The van der Waals surface area contributed by atoms with Crippen LogP contribution < -0.4 is 5.56 Å². The summed E-state index contributed by atoms with van der Waals surface area (Å²) in [5.74, 6) is 0.972. The largest absolute Gasteiger partial charge is 0.393 e. The molecule has 3 heterocycles. The number of H-pyrrole nitrogens is 1. The number of hydrogen-bond acceptors (Lipinski definition) is 5. The molecule has 0 aliphatic heterocycles. The Hall–Kier alpha value is -3.80. The zero-order chi connectivity index (χ0) is 24.4. The molecular formula is C28H29N5O2. The fraction of sp³-hybridized carbons (Fsp3) is 0.321. The Balaban J connectivity index is 1.44. The third kappa shape index (κ3) is 4.87. The minimum absolute atomic E-state index is 0.219. The second kappa shape index (κ2) is 9.82. The minimum atomic E-state index is -0.613. The molecule has 0 fully saturated rings. The average Bonchev–Trinajstić information content (AvgIpc) is 3.18. The lowest BCUT2D eigenvalue weighted by atomic mass is 9.93. The third-order valence-corrected chi connectivity index (χ3v) is 6.61. The van der Waals surface area contributed by atoms with Crippen molar-refractivity contribution in [2.75, 3.05) is 0 Å². The van der Waals surface area contributed by atoms with Gasteiger partial charge in [-0.15, -0.1) is 5.73 Å². The van der Waals surface area contributed by atoms with Gasteiger partial charge in [0, 0.05) is 23.9 Å². The highest BCUT2D eigenvalue weighted by atomic mass is 16.3. The van der Waals surface area contributed by atoms with Crippen LogP contribution in [0.2, 0.25) is 0 Å². The summed E-state index contributed by atoms with van der Waals surface area (Å²) in [6, 6.07) is 9.97. The molecule has 0 spiro atoms. The van der Waals surface area contributed by atoms with Crippen LogP contribution in [0.25, 0.3) is 16.4 Å². The van der Waals surface area contributed by atoms with Crippen LogP contribution in [-0.4, -0.2) is 35.8 Å². The van der Waals surface area contributed by atoms with Crippen molar-refractivity contribution in [1.29, 1.82) is 0 Å². The highest BCUT2D eigenvalue weighted by molar-refractivity contribution is 5.78. The fourth-order valence-electron chi connectivity index (χ4n) is 4.80. The van der Waals surface area contributed by atoms with E-state index in [1.807, 2.05) is 43.3 Å². The first-order chi connectivity index (χ1) is 17.0. The maximum atomic E-state index is 13.0. The van der Waals surface area contributed by atoms with Crippen molar-refractivity contribution in [3.05, 3.63) is 99.3 Å². The van der Waals surface area contributed by atoms with Gasteiger partial charge in [0.05, 0.1) is 17.3 Å². The molecular weight excluding hydrogens is 438 g/mol. The Bertz CT molecular complexity index is 1540. The molecule has 178 valence electrons. The van der Waals surface area contributed by atoms with Crippen LogP contribution in [0.15, 0.2) is 70.9 Å². The smallest absolute Gasteiger partial charge is 0.277 e. The van der Waals surface area contributed by atoms with Crippen LogP contribution in [0.3, 0.4) is 0 Å². The van der Waals surface area contributed by atoms with E-state index in [0.29, 0.717) is 29.3 Å². The third-order valence-electron chi connectivity index (χ3n) is 6.61. The number of fused-ring (bicyclic) bond motifs is 2. The number of nitrogens with one attached hydrogen (secondary N) is 1. The van der Waals surface area contributed by atoms with Gasteiger partial charge in [-0.2, -0.15) is 5.10 Å². The zero-order valence-corrected chi connectivity index (χ0v) is 20.0. The number of aryl methyl sites for hydroxylation is 1. The first kappa shape index (κ1) is 23.0. The fourth-order valence-corrected chi connectivity index (χ4v) is 4.80. The van der Waals surface area contributed by atoms with Crippen molar-refractivity contribution in [2.45, 2.75) is 58.0 Å². The molecule has 0 radical (unpaired) electrons. The van der Waals surface area contributed by atoms with Crippen LogP contribution >= 0.6 is 0 Å². The molecule has 3 aromatic heterocycles. The summed E-state index contributed by atoms with van der Waals surface area (Å²) >= 11 is 0. The standard InChI is InChI=1S/C28H29N5O2/c1-18-26-28(35)31-25(17-21-13-14-24-22(16-21)11-7-15-29-24)32-33(26)27(30-18)23(19(2)34)12-6-10-20-8-4-3-5-9-20/h4-5,7-8,11,13-16,19,23,34H,6,9-10,12,17H2,1-2H3,(H,31,32,35). The van der Waals surface area contributed by atoms with Gasteiger partial charge >= 0.3 is 0 Å². The Labute approximate surface area is 203 Å². The number of pyridine rings is 1. The molecule has 0 amide bonds. The number of hydrogen-bond donors (Lipinski definition) is 2. The first-order valence-electron chi connectivity index (χ1n) is 12.1. The van der Waals surface area contributed by atoms with Gasteiger partial charge in [-0.25, -0.2) is 9.50 Å². The molecule has 4 aromatic rings. The number of benzene rings is 1. The lowest BCUT2D eigenvalue weighted by Gasteiger charge is -2.19. The molecule has 2 N–H and O–H groups in total. The maximum absolute atomic E-state index is 13.0. The van der Waals surface area contributed by atoms with Crippen LogP contribution in [0.1, 0.15) is 61.4 Å². The molecule has 5 rings (SSSR count). The molecule has 0 saturated heterocycles. The van der Waals surface area contributed by atoms with Gasteiger partial charge < -0.3 is 10.1 Å². The van der Waals surface area contributed by atoms with Crippen molar-refractivity contribution < 1.29 is 5.11 Å². The molecule has 1 aromatic carbocycles. The quantitative estimate of drug-likeness (QED) is 0.371. The SMILES string of the molecule is Cc1nc(C(CCCC2=CC=C=CC2)C(C)O)n2nc(Cc3ccc4ncccc4c3)[nH]c(=O)c12. The van der Waals surface area contributed by atoms with Gasteiger partial charge in [-0.05, 0) is 75.4 Å². The lowest BCUT2D eigenvalue weighted by molar-refractivity contribution is 0.151. The van der Waals surface area contributed by atoms with Crippen LogP contribution in [0.4, 0.5) is 0 Å². The van der Waals surface area contributed by atoms with Crippen molar-refractivity contribution >= 4 is 16.4 Å². The number of aliphatic hydroxyl groups excluding tert-OH is 1. The van der Waals surface area contributed by atoms with Crippen molar-refractivity contribution in [3.63, 3.8) is 0 Å². The van der Waals surface area contributed by atoms with Gasteiger partial charge in [0.1, 0.15) is 11.6 Å².